The average molecular weight is 547 g/mol. The minimum Gasteiger partial charge on any atom is -0.490 e. The van der Waals surface area contributed by atoms with Gasteiger partial charge in [-0.15, -0.1) is 0 Å². The second-order valence-electron chi connectivity index (χ2n) is 9.77. The van der Waals surface area contributed by atoms with Crippen LogP contribution in [0.4, 0.5) is 5.69 Å². The van der Waals surface area contributed by atoms with Crippen molar-refractivity contribution < 1.29 is 19.0 Å². The molecule has 0 saturated heterocycles. The summed E-state index contributed by atoms with van der Waals surface area (Å²) in [6.07, 6.45) is 1.53. The summed E-state index contributed by atoms with van der Waals surface area (Å²) in [4.78, 5) is 12.9. The third-order valence-electron chi connectivity index (χ3n) is 6.55. The van der Waals surface area contributed by atoms with Gasteiger partial charge in [0.2, 0.25) is 0 Å². The number of nitrogens with one attached hydrogen (secondary N) is 1. The van der Waals surface area contributed by atoms with Gasteiger partial charge in [-0.25, -0.2) is 0 Å². The summed E-state index contributed by atoms with van der Waals surface area (Å²) >= 11 is 0. The first-order valence-corrected chi connectivity index (χ1v) is 13.5. The predicted molar refractivity (Wildman–Crippen MR) is 162 cm³/mol. The maximum Gasteiger partial charge on any atom is 0.266 e. The molecule has 4 rings (SSSR count). The molecule has 0 fully saturated rings. The number of carbonyl (C=O) groups is 1. The van der Waals surface area contributed by atoms with Crippen molar-refractivity contribution in [3.05, 3.63) is 124 Å². The molecular formula is C35H34N2O4. The summed E-state index contributed by atoms with van der Waals surface area (Å²) in [6.45, 7) is 9.39. The van der Waals surface area contributed by atoms with E-state index < -0.39 is 5.91 Å². The normalized spacial score (nSPS) is 11.0. The Labute approximate surface area is 241 Å². The van der Waals surface area contributed by atoms with Crippen LogP contribution in [0.3, 0.4) is 0 Å². The third kappa shape index (κ3) is 8.23. The van der Waals surface area contributed by atoms with E-state index in [1.54, 1.807) is 42.5 Å². The molecule has 0 spiro atoms. The lowest BCUT2D eigenvalue weighted by Crippen LogP contribution is -2.13. The van der Waals surface area contributed by atoms with Gasteiger partial charge < -0.3 is 19.5 Å². The number of ether oxygens (including phenoxy) is 3. The smallest absolute Gasteiger partial charge is 0.266 e. The highest BCUT2D eigenvalue weighted by atomic mass is 16.5. The zero-order chi connectivity index (χ0) is 29.2. The zero-order valence-corrected chi connectivity index (χ0v) is 23.9. The molecule has 0 aliphatic rings. The fraction of sp³-hybridized carbons (Fsp3) is 0.200. The highest BCUT2D eigenvalue weighted by Gasteiger charge is 2.12. The number of hydrogen-bond donors (Lipinski definition) is 1. The molecule has 1 N–H and O–H groups in total. The van der Waals surface area contributed by atoms with Crippen molar-refractivity contribution in [2.45, 2.75) is 40.9 Å². The first-order chi connectivity index (χ1) is 19.8. The molecule has 4 aromatic carbocycles. The van der Waals surface area contributed by atoms with Gasteiger partial charge in [-0.3, -0.25) is 4.79 Å². The first kappa shape index (κ1) is 29.0. The van der Waals surface area contributed by atoms with Crippen molar-refractivity contribution >= 4 is 17.7 Å². The lowest BCUT2D eigenvalue weighted by molar-refractivity contribution is -0.112. The van der Waals surface area contributed by atoms with Gasteiger partial charge in [0.1, 0.15) is 30.6 Å². The Bertz CT molecular complexity index is 1570. The largest absolute Gasteiger partial charge is 0.490 e. The number of aryl methyl sites for hydroxylation is 3. The van der Waals surface area contributed by atoms with Crippen LogP contribution in [0, 0.1) is 32.1 Å². The van der Waals surface area contributed by atoms with Crippen molar-refractivity contribution in [1.29, 1.82) is 5.26 Å². The third-order valence-corrected chi connectivity index (χ3v) is 6.55. The van der Waals surface area contributed by atoms with E-state index in [2.05, 4.69) is 31.3 Å². The van der Waals surface area contributed by atoms with E-state index in [1.165, 1.54) is 22.8 Å². The van der Waals surface area contributed by atoms with Gasteiger partial charge in [0.05, 0.1) is 6.61 Å². The molecule has 0 radical (unpaired) electrons. The number of nitriles is 1. The number of benzene rings is 4. The van der Waals surface area contributed by atoms with E-state index in [1.807, 2.05) is 50.2 Å². The summed E-state index contributed by atoms with van der Waals surface area (Å²) in [5.74, 6) is 1.32. The van der Waals surface area contributed by atoms with Crippen LogP contribution in [0.1, 0.15) is 40.3 Å². The summed E-state index contributed by atoms with van der Waals surface area (Å²) in [6, 6.07) is 28.8. The van der Waals surface area contributed by atoms with E-state index in [9.17, 15) is 10.1 Å². The van der Waals surface area contributed by atoms with Gasteiger partial charge >= 0.3 is 0 Å². The fourth-order valence-corrected chi connectivity index (χ4v) is 4.06. The second-order valence-corrected chi connectivity index (χ2v) is 9.77. The van der Waals surface area contributed by atoms with E-state index >= 15 is 0 Å². The van der Waals surface area contributed by atoms with Crippen LogP contribution in [0.25, 0.3) is 6.08 Å². The van der Waals surface area contributed by atoms with E-state index in [0.29, 0.717) is 48.3 Å². The lowest BCUT2D eigenvalue weighted by atomic mass is 10.1. The van der Waals surface area contributed by atoms with Crippen molar-refractivity contribution in [3.8, 4) is 23.3 Å². The molecule has 0 unspecified atom stereocenters. The van der Waals surface area contributed by atoms with Gasteiger partial charge in [-0.1, -0.05) is 54.1 Å². The number of carbonyl (C=O) groups excluding carboxylic acids is 1. The summed E-state index contributed by atoms with van der Waals surface area (Å²) in [7, 11) is 0. The Kier molecular flexibility index (Phi) is 9.80. The molecule has 0 aliphatic heterocycles. The van der Waals surface area contributed by atoms with Gasteiger partial charge in [0, 0.05) is 5.69 Å². The molecule has 0 bridgehead atoms. The maximum absolute atomic E-state index is 12.9. The maximum atomic E-state index is 12.9. The van der Waals surface area contributed by atoms with Crippen molar-refractivity contribution in [2.75, 3.05) is 11.9 Å². The van der Waals surface area contributed by atoms with Gasteiger partial charge in [0.15, 0.2) is 11.5 Å². The molecule has 0 atom stereocenters. The van der Waals surface area contributed by atoms with Crippen molar-refractivity contribution in [2.24, 2.45) is 0 Å². The van der Waals surface area contributed by atoms with E-state index in [0.717, 1.165) is 11.1 Å². The molecule has 0 aromatic heterocycles. The Morgan fingerprint density at radius 1 is 0.780 bits per heavy atom. The van der Waals surface area contributed by atoms with Crippen LogP contribution in [0.15, 0.2) is 90.5 Å². The summed E-state index contributed by atoms with van der Waals surface area (Å²) < 4.78 is 17.7. The van der Waals surface area contributed by atoms with Crippen LogP contribution < -0.4 is 19.5 Å². The van der Waals surface area contributed by atoms with Crippen molar-refractivity contribution in [1.82, 2.24) is 0 Å². The first-order valence-electron chi connectivity index (χ1n) is 13.5. The number of nitrogens with zero attached hydrogens (tertiary/aromatic N) is 1. The van der Waals surface area contributed by atoms with Gasteiger partial charge in [-0.2, -0.15) is 5.26 Å². The Balaban J connectivity index is 1.40. The molecule has 0 aliphatic carbocycles. The molecule has 6 heteroatoms. The molecule has 6 nitrogen and oxygen atoms in total. The van der Waals surface area contributed by atoms with E-state index in [4.69, 9.17) is 14.2 Å². The minimum absolute atomic E-state index is 0.0315. The monoisotopic (exact) mass is 546 g/mol. The van der Waals surface area contributed by atoms with Crippen LogP contribution in [-0.4, -0.2) is 12.5 Å². The van der Waals surface area contributed by atoms with Gasteiger partial charge in [-0.05, 0) is 98.0 Å². The highest BCUT2D eigenvalue weighted by molar-refractivity contribution is 6.09. The lowest BCUT2D eigenvalue weighted by Gasteiger charge is -2.13. The van der Waals surface area contributed by atoms with Gasteiger partial charge in [0.25, 0.3) is 5.91 Å². The highest BCUT2D eigenvalue weighted by Crippen LogP contribution is 2.30. The van der Waals surface area contributed by atoms with Crippen LogP contribution >= 0.6 is 0 Å². The van der Waals surface area contributed by atoms with Crippen LogP contribution in [-0.2, 0) is 18.0 Å². The molecular weight excluding hydrogens is 512 g/mol. The number of amides is 1. The zero-order valence-electron chi connectivity index (χ0n) is 23.9. The molecule has 4 aromatic rings. The minimum atomic E-state index is -0.506. The molecule has 41 heavy (non-hydrogen) atoms. The SMILES string of the molecule is CCOc1cc(/C=C(\C#N)C(=O)Nc2ccc(OCc3ccc(C)cc3)cc2)ccc1OCc1ccc(C)c(C)c1. The van der Waals surface area contributed by atoms with E-state index in [-0.39, 0.29) is 5.57 Å². The predicted octanol–water partition coefficient (Wildman–Crippen LogP) is 7.71. The Morgan fingerprint density at radius 2 is 1.49 bits per heavy atom. The number of anilines is 1. The molecule has 1 amide bonds. The topological polar surface area (TPSA) is 80.6 Å². The molecule has 0 saturated carbocycles. The Morgan fingerprint density at radius 3 is 2.17 bits per heavy atom. The molecule has 0 heterocycles. The van der Waals surface area contributed by atoms with Crippen LogP contribution in [0.2, 0.25) is 0 Å². The standard InChI is InChI=1S/C35H34N2O4/c1-5-39-34-20-28(12-17-33(34)41-23-29-11-8-25(3)26(4)18-29)19-30(21-36)35(38)37-31-13-15-32(16-14-31)40-22-27-9-6-24(2)7-10-27/h6-20H,5,22-23H2,1-4H3,(H,37,38)/b30-19+. The fourth-order valence-electron chi connectivity index (χ4n) is 4.06. The summed E-state index contributed by atoms with van der Waals surface area (Å²) in [5, 5.41) is 12.5. The van der Waals surface area contributed by atoms with Crippen molar-refractivity contribution in [3.63, 3.8) is 0 Å². The Hall–Kier alpha value is -5.02. The number of hydrogen-bond acceptors (Lipinski definition) is 5. The quantitative estimate of drug-likeness (QED) is 0.154. The molecule has 208 valence electrons. The second kappa shape index (κ2) is 13.9. The van der Waals surface area contributed by atoms with Crippen LogP contribution in [0.5, 0.6) is 17.2 Å². The summed E-state index contributed by atoms with van der Waals surface area (Å²) in [5.41, 5.74) is 6.96. The average Bonchev–Trinajstić information content (AvgIpc) is 2.97. The number of rotatable bonds is 11.